The highest BCUT2D eigenvalue weighted by Crippen LogP contribution is 2.33. The van der Waals surface area contributed by atoms with Crippen molar-refractivity contribution in [1.82, 2.24) is 39.8 Å². The molecular formula is C31H29FN8O3S. The summed E-state index contributed by atoms with van der Waals surface area (Å²) >= 11 is 0. The van der Waals surface area contributed by atoms with Gasteiger partial charge in [-0.25, -0.2) is 32.5 Å². The van der Waals surface area contributed by atoms with Crippen molar-refractivity contribution < 1.29 is 17.5 Å². The zero-order chi connectivity index (χ0) is 30.3. The maximum atomic E-state index is 14.6. The van der Waals surface area contributed by atoms with Gasteiger partial charge in [-0.15, -0.1) is 0 Å². The van der Waals surface area contributed by atoms with Crippen LogP contribution in [0.5, 0.6) is 5.75 Å². The van der Waals surface area contributed by atoms with Crippen molar-refractivity contribution in [1.29, 1.82) is 0 Å². The van der Waals surface area contributed by atoms with Gasteiger partial charge in [0.25, 0.3) is 0 Å². The Kier molecular flexibility index (Phi) is 7.26. The lowest BCUT2D eigenvalue weighted by Gasteiger charge is -2.23. The van der Waals surface area contributed by atoms with Crippen molar-refractivity contribution in [3.63, 3.8) is 0 Å². The van der Waals surface area contributed by atoms with Gasteiger partial charge in [-0.3, -0.25) is 10.1 Å². The Morgan fingerprint density at radius 3 is 2.66 bits per heavy atom. The Hall–Kier alpha value is -4.75. The molecule has 1 aliphatic rings. The molecule has 1 aromatic carbocycles. The van der Waals surface area contributed by atoms with Crippen LogP contribution in [-0.4, -0.2) is 55.9 Å². The molecule has 0 aliphatic heterocycles. The maximum absolute atomic E-state index is 14.6. The van der Waals surface area contributed by atoms with Gasteiger partial charge in [0.15, 0.2) is 17.1 Å². The predicted octanol–water partition coefficient (Wildman–Crippen LogP) is 5.53. The van der Waals surface area contributed by atoms with E-state index in [0.717, 1.165) is 41.4 Å². The molecule has 0 bridgehead atoms. The highest BCUT2D eigenvalue weighted by molar-refractivity contribution is 7.88. The normalized spacial score (nSPS) is 14.4. The fourth-order valence-corrected chi connectivity index (χ4v) is 6.08. The van der Waals surface area contributed by atoms with Crippen LogP contribution in [0.2, 0.25) is 0 Å². The van der Waals surface area contributed by atoms with Crippen molar-refractivity contribution in [2.45, 2.75) is 44.8 Å². The molecule has 5 heterocycles. The van der Waals surface area contributed by atoms with E-state index in [1.807, 2.05) is 12.1 Å². The minimum atomic E-state index is -3.44. The minimum absolute atomic E-state index is 0.0351. The Labute approximate surface area is 252 Å². The van der Waals surface area contributed by atoms with Gasteiger partial charge >= 0.3 is 0 Å². The summed E-state index contributed by atoms with van der Waals surface area (Å²) in [6.45, 7) is -0.0351. The molecule has 3 N–H and O–H groups in total. The fourth-order valence-electron chi connectivity index (χ4n) is 5.65. The standard InChI is InChI=1S/C31H29FN8O3S/c1-44(41,42)36-14-18-9-19(11-22(32)10-18)25-7-8-34-30-27(25)37-31(38-30)28-26-13-21(16-35-29(26)40-39-28)20-12-24(17-33-15-20)43-23-5-3-2-4-6-23/h7-13,15-17,23,36H,2-6,14H2,1H3,(H,34,37,38)(H,35,39,40). The molecule has 44 heavy (non-hydrogen) atoms. The molecule has 6 aromatic rings. The van der Waals surface area contributed by atoms with Gasteiger partial charge in [0, 0.05) is 41.8 Å². The molecule has 224 valence electrons. The van der Waals surface area contributed by atoms with Crippen LogP contribution in [0.1, 0.15) is 37.7 Å². The van der Waals surface area contributed by atoms with E-state index < -0.39 is 15.8 Å². The molecule has 11 nitrogen and oxygen atoms in total. The van der Waals surface area contributed by atoms with E-state index in [1.54, 1.807) is 36.9 Å². The van der Waals surface area contributed by atoms with Crippen molar-refractivity contribution in [3.05, 3.63) is 72.6 Å². The first-order valence-corrected chi connectivity index (χ1v) is 16.2. The summed E-state index contributed by atoms with van der Waals surface area (Å²) in [6.07, 6.45) is 13.9. The number of fused-ring (bicyclic) bond motifs is 2. The maximum Gasteiger partial charge on any atom is 0.209 e. The van der Waals surface area contributed by atoms with Crippen molar-refractivity contribution in [3.8, 4) is 39.5 Å². The molecule has 13 heteroatoms. The van der Waals surface area contributed by atoms with Crippen LogP contribution in [0.4, 0.5) is 4.39 Å². The third-order valence-corrected chi connectivity index (χ3v) is 8.42. The zero-order valence-corrected chi connectivity index (χ0v) is 24.7. The summed E-state index contributed by atoms with van der Waals surface area (Å²) in [5.41, 5.74) is 5.60. The molecule has 0 atom stereocenters. The molecule has 7 rings (SSSR count). The van der Waals surface area contributed by atoms with Gasteiger partial charge in [0.05, 0.1) is 29.5 Å². The van der Waals surface area contributed by atoms with Crippen LogP contribution in [0.3, 0.4) is 0 Å². The van der Waals surface area contributed by atoms with E-state index in [-0.39, 0.29) is 12.6 Å². The molecular weight excluding hydrogens is 583 g/mol. The van der Waals surface area contributed by atoms with E-state index in [0.29, 0.717) is 45.0 Å². The monoisotopic (exact) mass is 612 g/mol. The summed E-state index contributed by atoms with van der Waals surface area (Å²) in [7, 11) is -3.44. The SMILES string of the molecule is CS(=O)(=O)NCc1cc(F)cc(-c2ccnc3nc(-c4[nH]nc5ncc(-c6cncc(OC7CCCCC7)c6)cc45)[nH]c23)c1. The number of rotatable bonds is 8. The van der Waals surface area contributed by atoms with Crippen LogP contribution in [-0.2, 0) is 16.6 Å². The van der Waals surface area contributed by atoms with Gasteiger partial charge < -0.3 is 9.72 Å². The van der Waals surface area contributed by atoms with Crippen molar-refractivity contribution >= 4 is 32.2 Å². The first kappa shape index (κ1) is 28.0. The Morgan fingerprint density at radius 1 is 0.977 bits per heavy atom. The highest BCUT2D eigenvalue weighted by atomic mass is 32.2. The first-order valence-electron chi connectivity index (χ1n) is 14.3. The first-order chi connectivity index (χ1) is 21.3. The average molecular weight is 613 g/mol. The quantitative estimate of drug-likeness (QED) is 0.203. The molecule has 0 spiro atoms. The van der Waals surface area contributed by atoms with Crippen molar-refractivity contribution in [2.24, 2.45) is 0 Å². The summed E-state index contributed by atoms with van der Waals surface area (Å²) in [5, 5.41) is 8.17. The van der Waals surface area contributed by atoms with E-state index in [1.165, 1.54) is 31.4 Å². The molecule has 1 saturated carbocycles. The van der Waals surface area contributed by atoms with Crippen LogP contribution in [0.15, 0.2) is 61.2 Å². The summed E-state index contributed by atoms with van der Waals surface area (Å²) in [6, 6.07) is 10.2. The Balaban J connectivity index is 1.23. The van der Waals surface area contributed by atoms with Crippen LogP contribution in [0.25, 0.3) is 56.0 Å². The number of pyridine rings is 3. The molecule has 0 amide bonds. The predicted molar refractivity (Wildman–Crippen MR) is 165 cm³/mol. The van der Waals surface area contributed by atoms with Gasteiger partial charge in [-0.2, -0.15) is 5.10 Å². The smallest absolute Gasteiger partial charge is 0.209 e. The summed E-state index contributed by atoms with van der Waals surface area (Å²) < 4.78 is 46.4. The number of hydrogen-bond donors (Lipinski definition) is 3. The lowest BCUT2D eigenvalue weighted by Crippen LogP contribution is -2.21. The molecule has 0 radical (unpaired) electrons. The second kappa shape index (κ2) is 11.4. The number of aromatic nitrogens is 7. The lowest BCUT2D eigenvalue weighted by atomic mass is 9.98. The van der Waals surface area contributed by atoms with E-state index >= 15 is 0 Å². The van der Waals surface area contributed by atoms with Gasteiger partial charge in [0.1, 0.15) is 17.3 Å². The Morgan fingerprint density at radius 2 is 1.82 bits per heavy atom. The van der Waals surface area contributed by atoms with Crippen LogP contribution in [0, 0.1) is 5.82 Å². The van der Waals surface area contributed by atoms with Crippen LogP contribution >= 0.6 is 0 Å². The number of nitrogens with one attached hydrogen (secondary N) is 3. The number of ether oxygens (including phenoxy) is 1. The lowest BCUT2D eigenvalue weighted by molar-refractivity contribution is 0.154. The third-order valence-electron chi connectivity index (χ3n) is 7.75. The number of hydrogen-bond acceptors (Lipinski definition) is 8. The van der Waals surface area contributed by atoms with Gasteiger partial charge in [0.2, 0.25) is 10.0 Å². The Bertz CT molecular complexity index is 2100. The highest BCUT2D eigenvalue weighted by Gasteiger charge is 2.19. The molecule has 5 aromatic heterocycles. The van der Waals surface area contributed by atoms with Crippen LogP contribution < -0.4 is 9.46 Å². The third kappa shape index (κ3) is 5.88. The largest absolute Gasteiger partial charge is 0.489 e. The number of nitrogens with zero attached hydrogens (tertiary/aromatic N) is 5. The number of aromatic amines is 2. The number of halogens is 1. The molecule has 0 saturated heterocycles. The van der Waals surface area contributed by atoms with E-state index in [4.69, 9.17) is 9.72 Å². The minimum Gasteiger partial charge on any atom is -0.489 e. The summed E-state index contributed by atoms with van der Waals surface area (Å²) in [4.78, 5) is 21.4. The number of benzene rings is 1. The molecule has 0 unspecified atom stereocenters. The molecule has 1 aliphatic carbocycles. The summed E-state index contributed by atoms with van der Waals surface area (Å²) in [5.74, 6) is 0.744. The number of imidazole rings is 1. The second-order valence-electron chi connectivity index (χ2n) is 11.1. The second-order valence-corrected chi connectivity index (χ2v) is 12.9. The number of sulfonamides is 1. The van der Waals surface area contributed by atoms with Crippen molar-refractivity contribution in [2.75, 3.05) is 6.26 Å². The zero-order valence-electron chi connectivity index (χ0n) is 23.8. The van der Waals surface area contributed by atoms with Gasteiger partial charge in [-0.05, 0) is 73.2 Å². The average Bonchev–Trinajstić information content (AvgIpc) is 3.64. The fraction of sp³-hybridized carbons (Fsp3) is 0.258. The molecule has 1 fully saturated rings. The topological polar surface area (TPSA) is 151 Å². The number of H-pyrrole nitrogens is 2. The van der Waals surface area contributed by atoms with E-state index in [9.17, 15) is 12.8 Å². The van der Waals surface area contributed by atoms with Gasteiger partial charge in [-0.1, -0.05) is 6.42 Å². The van der Waals surface area contributed by atoms with E-state index in [2.05, 4.69) is 34.9 Å².